The van der Waals surface area contributed by atoms with Crippen molar-refractivity contribution in [3.63, 3.8) is 0 Å². The molecule has 1 aliphatic rings. The number of nitrogens with one attached hydrogen (secondary N) is 2. The minimum absolute atomic E-state index is 0.248. The van der Waals surface area contributed by atoms with Gasteiger partial charge in [0.2, 0.25) is 5.91 Å². The van der Waals surface area contributed by atoms with E-state index in [1.54, 1.807) is 19.1 Å². The Balaban J connectivity index is 2.00. The van der Waals surface area contributed by atoms with Crippen molar-refractivity contribution in [2.24, 2.45) is 5.92 Å². The van der Waals surface area contributed by atoms with Gasteiger partial charge in [-0.1, -0.05) is 13.8 Å². The number of anilines is 2. The summed E-state index contributed by atoms with van der Waals surface area (Å²) in [7, 11) is 3.86. The Hall–Kier alpha value is -2.57. The van der Waals surface area contributed by atoms with Gasteiger partial charge in [-0.05, 0) is 43.5 Å². The molecule has 7 heteroatoms. The van der Waals surface area contributed by atoms with Crippen molar-refractivity contribution in [1.82, 2.24) is 10.2 Å². The van der Waals surface area contributed by atoms with E-state index in [1.807, 2.05) is 45.0 Å². The SMILES string of the molecule is CC(C)C[C@@]1(C)NC(=O)N(CC(=O)Nc2ccc(N(C)C)cc2)C1=O. The minimum atomic E-state index is -0.946. The van der Waals surface area contributed by atoms with Gasteiger partial charge in [-0.2, -0.15) is 0 Å². The van der Waals surface area contributed by atoms with Crippen LogP contribution in [0.4, 0.5) is 16.2 Å². The van der Waals surface area contributed by atoms with Crippen LogP contribution < -0.4 is 15.5 Å². The van der Waals surface area contributed by atoms with Crippen molar-refractivity contribution in [2.45, 2.75) is 32.7 Å². The topological polar surface area (TPSA) is 81.8 Å². The van der Waals surface area contributed by atoms with Gasteiger partial charge in [0.1, 0.15) is 12.1 Å². The second-order valence-corrected chi connectivity index (χ2v) is 7.24. The van der Waals surface area contributed by atoms with Crippen LogP contribution in [0.15, 0.2) is 24.3 Å². The number of amides is 4. The lowest BCUT2D eigenvalue weighted by Crippen LogP contribution is -2.45. The van der Waals surface area contributed by atoms with E-state index in [4.69, 9.17) is 0 Å². The standard InChI is InChI=1S/C18H26N4O3/c1-12(2)10-18(3)16(24)22(17(25)20-18)11-15(23)19-13-6-8-14(9-7-13)21(4)5/h6-9,12H,10-11H2,1-5H3,(H,19,23)(H,20,25)/t18-/m1/s1. The molecule has 1 aromatic rings. The third-order valence-electron chi connectivity index (χ3n) is 4.13. The number of hydrogen-bond donors (Lipinski definition) is 2. The molecule has 0 radical (unpaired) electrons. The lowest BCUT2D eigenvalue weighted by molar-refractivity contribution is -0.133. The van der Waals surface area contributed by atoms with E-state index in [0.717, 1.165) is 10.6 Å². The van der Waals surface area contributed by atoms with Gasteiger partial charge in [-0.3, -0.25) is 14.5 Å². The van der Waals surface area contributed by atoms with Crippen molar-refractivity contribution < 1.29 is 14.4 Å². The Kier molecular flexibility index (Phi) is 5.35. The van der Waals surface area contributed by atoms with Crippen LogP contribution in [0.2, 0.25) is 0 Å². The van der Waals surface area contributed by atoms with Gasteiger partial charge < -0.3 is 15.5 Å². The average Bonchev–Trinajstić information content (AvgIpc) is 2.70. The molecule has 0 spiro atoms. The van der Waals surface area contributed by atoms with Gasteiger partial charge in [-0.15, -0.1) is 0 Å². The van der Waals surface area contributed by atoms with E-state index in [0.29, 0.717) is 12.1 Å². The predicted molar refractivity (Wildman–Crippen MR) is 97.5 cm³/mol. The zero-order chi connectivity index (χ0) is 18.8. The molecule has 0 unspecified atom stereocenters. The van der Waals surface area contributed by atoms with E-state index in [-0.39, 0.29) is 18.4 Å². The van der Waals surface area contributed by atoms with Crippen LogP contribution in [0, 0.1) is 5.92 Å². The number of urea groups is 1. The number of rotatable bonds is 6. The van der Waals surface area contributed by atoms with Crippen LogP contribution in [-0.4, -0.2) is 48.9 Å². The predicted octanol–water partition coefficient (Wildman–Crippen LogP) is 2.05. The highest BCUT2D eigenvalue weighted by Crippen LogP contribution is 2.25. The van der Waals surface area contributed by atoms with E-state index in [1.165, 1.54) is 0 Å². The molecule has 2 N–H and O–H groups in total. The summed E-state index contributed by atoms with van der Waals surface area (Å²) in [6.45, 7) is 5.37. The van der Waals surface area contributed by atoms with E-state index >= 15 is 0 Å². The first-order chi connectivity index (χ1) is 11.6. The van der Waals surface area contributed by atoms with Gasteiger partial charge in [-0.25, -0.2) is 4.79 Å². The third-order valence-corrected chi connectivity index (χ3v) is 4.13. The molecule has 0 saturated carbocycles. The molecule has 0 aliphatic carbocycles. The molecule has 136 valence electrons. The summed E-state index contributed by atoms with van der Waals surface area (Å²) in [5.41, 5.74) is 0.683. The Bertz CT molecular complexity index is 669. The van der Waals surface area contributed by atoms with Crippen molar-refractivity contribution >= 4 is 29.2 Å². The highest BCUT2D eigenvalue weighted by Gasteiger charge is 2.48. The fourth-order valence-corrected chi connectivity index (χ4v) is 3.03. The molecule has 25 heavy (non-hydrogen) atoms. The maximum absolute atomic E-state index is 12.5. The number of benzene rings is 1. The first kappa shape index (κ1) is 18.8. The summed E-state index contributed by atoms with van der Waals surface area (Å²) in [6.07, 6.45) is 0.529. The maximum atomic E-state index is 12.5. The lowest BCUT2D eigenvalue weighted by atomic mass is 9.91. The second-order valence-electron chi connectivity index (χ2n) is 7.24. The smallest absolute Gasteiger partial charge is 0.325 e. The molecule has 2 rings (SSSR count). The fraction of sp³-hybridized carbons (Fsp3) is 0.500. The molecule has 1 fully saturated rings. The highest BCUT2D eigenvalue weighted by molar-refractivity contribution is 6.09. The highest BCUT2D eigenvalue weighted by atomic mass is 16.2. The maximum Gasteiger partial charge on any atom is 0.325 e. The Morgan fingerprint density at radius 2 is 1.84 bits per heavy atom. The van der Waals surface area contributed by atoms with Crippen molar-refractivity contribution in [1.29, 1.82) is 0 Å². The van der Waals surface area contributed by atoms with Crippen molar-refractivity contribution in [3.8, 4) is 0 Å². The van der Waals surface area contributed by atoms with Crippen molar-refractivity contribution in [2.75, 3.05) is 30.9 Å². The minimum Gasteiger partial charge on any atom is -0.378 e. The Labute approximate surface area is 148 Å². The molecule has 1 aliphatic heterocycles. The summed E-state index contributed by atoms with van der Waals surface area (Å²) < 4.78 is 0. The Morgan fingerprint density at radius 3 is 2.36 bits per heavy atom. The molecule has 1 heterocycles. The normalized spacial score (nSPS) is 20.0. The summed E-state index contributed by atoms with van der Waals surface area (Å²) in [5, 5.41) is 5.42. The van der Waals surface area contributed by atoms with Crippen LogP contribution >= 0.6 is 0 Å². The zero-order valence-corrected chi connectivity index (χ0v) is 15.4. The first-order valence-corrected chi connectivity index (χ1v) is 8.34. The largest absolute Gasteiger partial charge is 0.378 e. The number of hydrogen-bond acceptors (Lipinski definition) is 4. The van der Waals surface area contributed by atoms with Gasteiger partial charge in [0.15, 0.2) is 0 Å². The summed E-state index contributed by atoms with van der Waals surface area (Å²) in [4.78, 5) is 39.8. The number of nitrogens with zero attached hydrogens (tertiary/aromatic N) is 2. The molecule has 1 atom stereocenters. The van der Waals surface area contributed by atoms with Crippen LogP contribution in [0.25, 0.3) is 0 Å². The molecular weight excluding hydrogens is 320 g/mol. The Morgan fingerprint density at radius 1 is 1.24 bits per heavy atom. The lowest BCUT2D eigenvalue weighted by Gasteiger charge is -2.23. The van der Waals surface area contributed by atoms with Crippen LogP contribution in [-0.2, 0) is 9.59 Å². The van der Waals surface area contributed by atoms with Gasteiger partial charge in [0, 0.05) is 25.5 Å². The molecule has 7 nitrogen and oxygen atoms in total. The van der Waals surface area contributed by atoms with Crippen LogP contribution in [0.3, 0.4) is 0 Å². The van der Waals surface area contributed by atoms with E-state index in [9.17, 15) is 14.4 Å². The molecule has 0 bridgehead atoms. The molecular formula is C18H26N4O3. The monoisotopic (exact) mass is 346 g/mol. The third kappa shape index (κ3) is 4.29. The number of carbonyl (C=O) groups is 3. The molecule has 1 aromatic carbocycles. The van der Waals surface area contributed by atoms with Gasteiger partial charge in [0.05, 0.1) is 0 Å². The second kappa shape index (κ2) is 7.13. The summed E-state index contributed by atoms with van der Waals surface area (Å²) in [5.74, 6) is -0.516. The number of imide groups is 1. The zero-order valence-electron chi connectivity index (χ0n) is 15.4. The average molecular weight is 346 g/mol. The van der Waals surface area contributed by atoms with E-state index < -0.39 is 17.5 Å². The number of carbonyl (C=O) groups excluding carboxylic acids is 3. The molecule has 4 amide bonds. The van der Waals surface area contributed by atoms with Crippen LogP contribution in [0.1, 0.15) is 27.2 Å². The molecule has 1 saturated heterocycles. The van der Waals surface area contributed by atoms with E-state index in [2.05, 4.69) is 10.6 Å². The summed E-state index contributed by atoms with van der Waals surface area (Å²) >= 11 is 0. The first-order valence-electron chi connectivity index (χ1n) is 8.34. The van der Waals surface area contributed by atoms with Gasteiger partial charge >= 0.3 is 6.03 Å². The van der Waals surface area contributed by atoms with Crippen molar-refractivity contribution in [3.05, 3.63) is 24.3 Å². The quantitative estimate of drug-likeness (QED) is 0.773. The van der Waals surface area contributed by atoms with Gasteiger partial charge in [0.25, 0.3) is 5.91 Å². The van der Waals surface area contributed by atoms with Crippen LogP contribution in [0.5, 0.6) is 0 Å². The summed E-state index contributed by atoms with van der Waals surface area (Å²) in [6, 6.07) is 6.79. The fourth-order valence-electron chi connectivity index (χ4n) is 3.03. The molecule has 0 aromatic heterocycles.